The van der Waals surface area contributed by atoms with Gasteiger partial charge in [-0.05, 0) is 48.7 Å². The van der Waals surface area contributed by atoms with Gasteiger partial charge in [-0.3, -0.25) is 9.52 Å². The molecule has 0 saturated heterocycles. The van der Waals surface area contributed by atoms with Crippen LogP contribution >= 0.6 is 0 Å². The molecule has 0 radical (unpaired) electrons. The molecule has 3 N–H and O–H groups in total. The Balaban J connectivity index is 2.06. The van der Waals surface area contributed by atoms with Gasteiger partial charge in [0.05, 0.1) is 11.9 Å². The van der Waals surface area contributed by atoms with Gasteiger partial charge in [0.2, 0.25) is 15.9 Å². The highest BCUT2D eigenvalue weighted by Crippen LogP contribution is 2.30. The average Bonchev–Trinajstić information content (AvgIpc) is 2.71. The predicted octanol–water partition coefficient (Wildman–Crippen LogP) is 4.32. The second-order valence-corrected chi connectivity index (χ2v) is 9.24. The summed E-state index contributed by atoms with van der Waals surface area (Å²) >= 11 is 0. The second-order valence-electron chi connectivity index (χ2n) is 7.49. The van der Waals surface area contributed by atoms with Gasteiger partial charge in [-0.1, -0.05) is 25.5 Å². The van der Waals surface area contributed by atoms with E-state index in [1.54, 1.807) is 25.1 Å². The van der Waals surface area contributed by atoms with Crippen molar-refractivity contribution in [2.45, 2.75) is 39.4 Å². The van der Waals surface area contributed by atoms with E-state index >= 15 is 0 Å². The van der Waals surface area contributed by atoms with E-state index in [-0.39, 0.29) is 12.4 Å². The first-order chi connectivity index (χ1) is 15.4. The summed E-state index contributed by atoms with van der Waals surface area (Å²) in [6, 6.07) is 7.17. The standard InChI is InChI=1S/C22H27F3N4O3S/c1-4-5-12-26-21-17(7-10-19(28-21)22(23,24)25)8-11-20(30)27-14-16-6-9-18(15(2)13-16)29-33(3,31)32/h6-11,13,29H,4-5,12,14H2,1-3H3,(H,26,28)(H,27,30)/b11-8-. The molecule has 180 valence electrons. The van der Waals surface area contributed by atoms with Crippen LogP contribution in [0.3, 0.4) is 0 Å². The Kier molecular flexibility index (Phi) is 8.86. The molecule has 1 aromatic carbocycles. The van der Waals surface area contributed by atoms with Crippen LogP contribution in [0.15, 0.2) is 36.4 Å². The first-order valence-corrected chi connectivity index (χ1v) is 12.1. The maximum atomic E-state index is 13.0. The molecule has 1 amide bonds. The van der Waals surface area contributed by atoms with Gasteiger partial charge in [-0.25, -0.2) is 13.4 Å². The van der Waals surface area contributed by atoms with Gasteiger partial charge >= 0.3 is 6.18 Å². The fourth-order valence-corrected chi connectivity index (χ4v) is 3.48. The Bertz CT molecular complexity index is 1120. The molecular weight excluding hydrogens is 457 g/mol. The number of carbonyl (C=O) groups excluding carboxylic acids is 1. The summed E-state index contributed by atoms with van der Waals surface area (Å²) in [5.41, 5.74) is 1.26. The summed E-state index contributed by atoms with van der Waals surface area (Å²) in [6.45, 7) is 4.35. The number of aryl methyl sites for hydroxylation is 1. The Morgan fingerprint density at radius 1 is 1.18 bits per heavy atom. The van der Waals surface area contributed by atoms with Crippen LogP contribution in [0, 0.1) is 6.92 Å². The number of benzene rings is 1. The lowest BCUT2D eigenvalue weighted by Crippen LogP contribution is -2.20. The number of hydrogen-bond acceptors (Lipinski definition) is 5. The molecule has 2 rings (SSSR count). The molecular formula is C22H27F3N4O3S. The zero-order valence-electron chi connectivity index (χ0n) is 18.6. The number of alkyl halides is 3. The van der Waals surface area contributed by atoms with Crippen LogP contribution in [0.25, 0.3) is 6.08 Å². The molecule has 0 aliphatic heterocycles. The number of anilines is 2. The highest BCUT2D eigenvalue weighted by Gasteiger charge is 2.32. The van der Waals surface area contributed by atoms with Crippen LogP contribution in [-0.2, 0) is 27.5 Å². The molecule has 0 atom stereocenters. The minimum absolute atomic E-state index is 0.0620. The summed E-state index contributed by atoms with van der Waals surface area (Å²) in [6.07, 6.45) is 0.752. The molecule has 0 bridgehead atoms. The third-order valence-electron chi connectivity index (χ3n) is 4.51. The van der Waals surface area contributed by atoms with Crippen molar-refractivity contribution in [3.05, 3.63) is 58.8 Å². The van der Waals surface area contributed by atoms with Crippen molar-refractivity contribution >= 4 is 33.5 Å². The first kappa shape index (κ1) is 26.2. The fourth-order valence-electron chi connectivity index (χ4n) is 2.85. The highest BCUT2D eigenvalue weighted by atomic mass is 32.2. The summed E-state index contributed by atoms with van der Waals surface area (Å²) in [7, 11) is -3.40. The van der Waals surface area contributed by atoms with Crippen LogP contribution in [0.1, 0.15) is 42.1 Å². The topological polar surface area (TPSA) is 100 Å². The highest BCUT2D eigenvalue weighted by molar-refractivity contribution is 7.92. The van der Waals surface area contributed by atoms with Crippen molar-refractivity contribution in [2.24, 2.45) is 0 Å². The van der Waals surface area contributed by atoms with E-state index in [1.165, 1.54) is 18.2 Å². The van der Waals surface area contributed by atoms with E-state index in [4.69, 9.17) is 0 Å². The van der Waals surface area contributed by atoms with Crippen LogP contribution in [0.4, 0.5) is 24.7 Å². The molecule has 2 aromatic rings. The maximum Gasteiger partial charge on any atom is 0.433 e. The van der Waals surface area contributed by atoms with Crippen molar-refractivity contribution < 1.29 is 26.4 Å². The number of sulfonamides is 1. The molecule has 33 heavy (non-hydrogen) atoms. The largest absolute Gasteiger partial charge is 0.433 e. The molecule has 0 spiro atoms. The lowest BCUT2D eigenvalue weighted by atomic mass is 10.1. The van der Waals surface area contributed by atoms with Gasteiger partial charge in [-0.2, -0.15) is 13.2 Å². The predicted molar refractivity (Wildman–Crippen MR) is 123 cm³/mol. The molecule has 0 saturated carbocycles. The Morgan fingerprint density at radius 2 is 1.91 bits per heavy atom. The normalized spacial score (nSPS) is 12.1. The van der Waals surface area contributed by atoms with Crippen molar-refractivity contribution in [3.8, 4) is 0 Å². The van der Waals surface area contributed by atoms with Gasteiger partial charge in [0.25, 0.3) is 0 Å². The van der Waals surface area contributed by atoms with Gasteiger partial charge in [0.15, 0.2) is 0 Å². The number of hydrogen-bond donors (Lipinski definition) is 3. The van der Waals surface area contributed by atoms with E-state index in [0.717, 1.165) is 30.7 Å². The SMILES string of the molecule is CCCCNc1nc(C(F)(F)F)ccc1/C=C\C(=O)NCc1ccc(NS(C)(=O)=O)c(C)c1. The molecule has 11 heteroatoms. The van der Waals surface area contributed by atoms with Gasteiger partial charge in [-0.15, -0.1) is 0 Å². The number of halogens is 3. The second kappa shape index (κ2) is 11.2. The number of pyridine rings is 1. The van der Waals surface area contributed by atoms with E-state index in [0.29, 0.717) is 23.4 Å². The third kappa shape index (κ3) is 8.76. The van der Waals surface area contributed by atoms with Crippen LogP contribution < -0.4 is 15.4 Å². The lowest BCUT2D eigenvalue weighted by Gasteiger charge is -2.12. The van der Waals surface area contributed by atoms with Crippen molar-refractivity contribution in [2.75, 3.05) is 22.8 Å². The Labute approximate surface area is 191 Å². The van der Waals surface area contributed by atoms with E-state index in [2.05, 4.69) is 20.3 Å². The van der Waals surface area contributed by atoms with Crippen molar-refractivity contribution in [1.82, 2.24) is 10.3 Å². The molecule has 1 aromatic heterocycles. The molecule has 7 nitrogen and oxygen atoms in total. The third-order valence-corrected chi connectivity index (χ3v) is 5.10. The number of amides is 1. The molecule has 0 fully saturated rings. The number of unbranched alkanes of at least 4 members (excludes halogenated alkanes) is 1. The monoisotopic (exact) mass is 484 g/mol. The molecule has 0 unspecified atom stereocenters. The fraction of sp³-hybridized carbons (Fsp3) is 0.364. The number of rotatable bonds is 10. The minimum atomic E-state index is -4.56. The minimum Gasteiger partial charge on any atom is -0.370 e. The Hall–Kier alpha value is -3.08. The summed E-state index contributed by atoms with van der Waals surface area (Å²) < 4.78 is 64.1. The van der Waals surface area contributed by atoms with Gasteiger partial charge in [0.1, 0.15) is 11.5 Å². The molecule has 0 aliphatic rings. The summed E-state index contributed by atoms with van der Waals surface area (Å²) in [5.74, 6) is -0.377. The zero-order valence-corrected chi connectivity index (χ0v) is 19.4. The maximum absolute atomic E-state index is 13.0. The lowest BCUT2D eigenvalue weighted by molar-refractivity contribution is -0.141. The number of carbonyl (C=O) groups is 1. The van der Waals surface area contributed by atoms with E-state index in [1.807, 2.05) is 6.92 Å². The Morgan fingerprint density at radius 3 is 2.52 bits per heavy atom. The molecule has 0 aliphatic carbocycles. The van der Waals surface area contributed by atoms with E-state index < -0.39 is 27.8 Å². The van der Waals surface area contributed by atoms with Crippen LogP contribution in [0.2, 0.25) is 0 Å². The van der Waals surface area contributed by atoms with E-state index in [9.17, 15) is 26.4 Å². The number of nitrogens with one attached hydrogen (secondary N) is 3. The number of aromatic nitrogens is 1. The van der Waals surface area contributed by atoms with Gasteiger partial charge in [0, 0.05) is 24.7 Å². The smallest absolute Gasteiger partial charge is 0.370 e. The summed E-state index contributed by atoms with van der Waals surface area (Å²) in [4.78, 5) is 15.9. The van der Waals surface area contributed by atoms with Crippen molar-refractivity contribution in [1.29, 1.82) is 0 Å². The van der Waals surface area contributed by atoms with Crippen molar-refractivity contribution in [3.63, 3.8) is 0 Å². The zero-order chi connectivity index (χ0) is 24.6. The number of nitrogens with zero attached hydrogens (tertiary/aromatic N) is 1. The molecule has 1 heterocycles. The van der Waals surface area contributed by atoms with Gasteiger partial charge < -0.3 is 10.6 Å². The van der Waals surface area contributed by atoms with Crippen LogP contribution in [0.5, 0.6) is 0 Å². The van der Waals surface area contributed by atoms with Crippen LogP contribution in [-0.4, -0.2) is 32.1 Å². The first-order valence-electron chi connectivity index (χ1n) is 10.2. The summed E-state index contributed by atoms with van der Waals surface area (Å²) in [5, 5.41) is 5.58. The quantitative estimate of drug-likeness (QED) is 0.345. The average molecular weight is 485 g/mol.